The van der Waals surface area contributed by atoms with E-state index in [1.165, 1.54) is 18.0 Å². The van der Waals surface area contributed by atoms with E-state index in [2.05, 4.69) is 55.6 Å². The van der Waals surface area contributed by atoms with Crippen molar-refractivity contribution in [2.45, 2.75) is 25.9 Å². The molecule has 1 unspecified atom stereocenters. The van der Waals surface area contributed by atoms with Crippen LogP contribution in [0, 0.1) is 17.8 Å². The van der Waals surface area contributed by atoms with Gasteiger partial charge in [0.25, 0.3) is 0 Å². The van der Waals surface area contributed by atoms with Crippen molar-refractivity contribution >= 4 is 13.5 Å². The average molecular weight is 258 g/mol. The average Bonchev–Trinajstić information content (AvgIpc) is 3.00. The first-order valence-electron chi connectivity index (χ1n) is 7.03. The highest BCUT2D eigenvalue weighted by Crippen LogP contribution is 2.43. The summed E-state index contributed by atoms with van der Waals surface area (Å²) in [5, 5.41) is 1.41. The molecular weight excluding hydrogens is 236 g/mol. The topological polar surface area (TPSA) is 9.23 Å². The highest BCUT2D eigenvalue weighted by Gasteiger charge is 2.37. The molecule has 1 fully saturated rings. The van der Waals surface area contributed by atoms with Gasteiger partial charge in [0.15, 0.2) is 0 Å². The minimum Gasteiger partial charge on any atom is -0.413 e. The van der Waals surface area contributed by atoms with Crippen LogP contribution >= 0.6 is 0 Å². The molecule has 3 atom stereocenters. The number of allylic oxidation sites excluding steroid dienone is 2. The fourth-order valence-corrected chi connectivity index (χ4v) is 5.12. The molecule has 0 N–H and O–H groups in total. The van der Waals surface area contributed by atoms with Crippen LogP contribution in [0.2, 0.25) is 13.1 Å². The van der Waals surface area contributed by atoms with Crippen LogP contribution in [0.15, 0.2) is 42.5 Å². The smallest absolute Gasteiger partial charge is 0.218 e. The first-order chi connectivity index (χ1) is 8.65. The molecule has 1 aromatic carbocycles. The summed E-state index contributed by atoms with van der Waals surface area (Å²) in [6.45, 7) is 5.58. The summed E-state index contributed by atoms with van der Waals surface area (Å²) in [5.74, 6) is 2.43. The second-order valence-corrected chi connectivity index (χ2v) is 10.1. The van der Waals surface area contributed by atoms with Gasteiger partial charge in [-0.1, -0.05) is 42.5 Å². The van der Waals surface area contributed by atoms with Crippen molar-refractivity contribution < 1.29 is 4.43 Å². The zero-order valence-corrected chi connectivity index (χ0v) is 12.3. The molecule has 3 rings (SSSR count). The Morgan fingerprint density at radius 3 is 2.50 bits per heavy atom. The monoisotopic (exact) mass is 258 g/mol. The summed E-state index contributed by atoms with van der Waals surface area (Å²) >= 11 is 0. The van der Waals surface area contributed by atoms with Crippen LogP contribution in [0.5, 0.6) is 0 Å². The summed E-state index contributed by atoms with van der Waals surface area (Å²) in [6, 6.07) is 10.7. The summed E-state index contributed by atoms with van der Waals surface area (Å²) in [5.41, 5.74) is 0. The third-order valence-electron chi connectivity index (χ3n) is 4.54. The van der Waals surface area contributed by atoms with Gasteiger partial charge in [0, 0.05) is 6.61 Å². The molecule has 18 heavy (non-hydrogen) atoms. The van der Waals surface area contributed by atoms with Gasteiger partial charge in [-0.15, -0.1) is 0 Å². The first kappa shape index (κ1) is 12.2. The van der Waals surface area contributed by atoms with Gasteiger partial charge in [-0.05, 0) is 48.9 Å². The Morgan fingerprint density at radius 1 is 1.11 bits per heavy atom. The Kier molecular flexibility index (Phi) is 3.16. The second-order valence-electron chi connectivity index (χ2n) is 6.23. The molecular formula is C16H22OSi. The van der Waals surface area contributed by atoms with Gasteiger partial charge in [0.1, 0.15) is 0 Å². The summed E-state index contributed by atoms with van der Waals surface area (Å²) < 4.78 is 6.36. The van der Waals surface area contributed by atoms with Crippen LogP contribution < -0.4 is 5.19 Å². The molecule has 0 saturated heterocycles. The maximum absolute atomic E-state index is 6.36. The standard InChI is InChI=1S/C16H22OSi/c1-18(2,16-6-4-3-5-7-16)17-12-15-11-13-8-9-14(15)10-13/h3-9,13-15H,10-12H2,1-2H3/t13-,14+,15?/m1/s1. The SMILES string of the molecule is C[Si](C)(OCC1C[C@@H]2C=C[C@H]1C2)c1ccccc1. The highest BCUT2D eigenvalue weighted by atomic mass is 28.4. The van der Waals surface area contributed by atoms with E-state index in [-0.39, 0.29) is 0 Å². The predicted molar refractivity (Wildman–Crippen MR) is 78.4 cm³/mol. The lowest BCUT2D eigenvalue weighted by Gasteiger charge is -2.27. The summed E-state index contributed by atoms with van der Waals surface area (Å²) in [7, 11) is -1.70. The van der Waals surface area contributed by atoms with Crippen LogP contribution in [-0.2, 0) is 4.43 Å². The van der Waals surface area contributed by atoms with Crippen LogP contribution in [0.25, 0.3) is 0 Å². The van der Waals surface area contributed by atoms with Gasteiger partial charge >= 0.3 is 0 Å². The predicted octanol–water partition coefficient (Wildman–Crippen LogP) is 3.33. The lowest BCUT2D eigenvalue weighted by Crippen LogP contribution is -2.45. The molecule has 1 saturated carbocycles. The third-order valence-corrected chi connectivity index (χ3v) is 7.16. The highest BCUT2D eigenvalue weighted by molar-refractivity contribution is 6.84. The molecule has 1 aromatic rings. The molecule has 2 aliphatic rings. The molecule has 0 heterocycles. The van der Waals surface area contributed by atoms with E-state index in [0.29, 0.717) is 0 Å². The van der Waals surface area contributed by atoms with Crippen molar-refractivity contribution in [3.8, 4) is 0 Å². The van der Waals surface area contributed by atoms with Crippen molar-refractivity contribution in [1.82, 2.24) is 0 Å². The molecule has 0 amide bonds. The van der Waals surface area contributed by atoms with Crippen molar-refractivity contribution in [2.75, 3.05) is 6.61 Å². The zero-order chi connectivity index (χ0) is 12.6. The van der Waals surface area contributed by atoms with Gasteiger partial charge in [-0.3, -0.25) is 0 Å². The number of rotatable bonds is 4. The first-order valence-corrected chi connectivity index (χ1v) is 9.94. The minimum atomic E-state index is -1.70. The van der Waals surface area contributed by atoms with Crippen molar-refractivity contribution in [3.63, 3.8) is 0 Å². The van der Waals surface area contributed by atoms with Crippen molar-refractivity contribution in [2.24, 2.45) is 17.8 Å². The second kappa shape index (κ2) is 4.67. The van der Waals surface area contributed by atoms with Crippen molar-refractivity contribution in [3.05, 3.63) is 42.5 Å². The molecule has 2 heteroatoms. The Labute approximate surface area is 111 Å². The lowest BCUT2D eigenvalue weighted by molar-refractivity contribution is 0.224. The minimum absolute atomic E-state index is 0.774. The number of hydrogen-bond donors (Lipinski definition) is 0. The van der Waals surface area contributed by atoms with E-state index < -0.39 is 8.32 Å². The molecule has 0 spiro atoms. The van der Waals surface area contributed by atoms with E-state index in [1.54, 1.807) is 0 Å². The Morgan fingerprint density at radius 2 is 1.89 bits per heavy atom. The number of benzene rings is 1. The third kappa shape index (κ3) is 2.32. The van der Waals surface area contributed by atoms with E-state index in [4.69, 9.17) is 4.43 Å². The summed E-state index contributed by atoms with van der Waals surface area (Å²) in [4.78, 5) is 0. The number of fused-ring (bicyclic) bond motifs is 2. The molecule has 96 valence electrons. The van der Waals surface area contributed by atoms with Gasteiger partial charge in [0.05, 0.1) is 0 Å². The van der Waals surface area contributed by atoms with Gasteiger partial charge in [0.2, 0.25) is 8.32 Å². The number of hydrogen-bond acceptors (Lipinski definition) is 1. The molecule has 2 bridgehead atoms. The van der Waals surface area contributed by atoms with Gasteiger partial charge in [-0.2, -0.15) is 0 Å². The Bertz CT molecular complexity index is 438. The molecule has 0 aliphatic heterocycles. The fraction of sp³-hybridized carbons (Fsp3) is 0.500. The van der Waals surface area contributed by atoms with E-state index >= 15 is 0 Å². The Balaban J connectivity index is 1.61. The summed E-state index contributed by atoms with van der Waals surface area (Å²) in [6.07, 6.45) is 7.54. The molecule has 1 nitrogen and oxygen atoms in total. The normalized spacial score (nSPS) is 30.0. The fourth-order valence-electron chi connectivity index (χ4n) is 3.32. The van der Waals surface area contributed by atoms with Crippen LogP contribution in [0.4, 0.5) is 0 Å². The van der Waals surface area contributed by atoms with E-state index in [9.17, 15) is 0 Å². The van der Waals surface area contributed by atoms with Gasteiger partial charge < -0.3 is 4.43 Å². The van der Waals surface area contributed by atoms with E-state index in [1.807, 2.05) is 0 Å². The van der Waals surface area contributed by atoms with Gasteiger partial charge in [-0.25, -0.2) is 0 Å². The van der Waals surface area contributed by atoms with Crippen LogP contribution in [-0.4, -0.2) is 14.9 Å². The molecule has 2 aliphatic carbocycles. The maximum atomic E-state index is 6.36. The lowest BCUT2D eigenvalue weighted by atomic mass is 9.95. The maximum Gasteiger partial charge on any atom is 0.218 e. The quantitative estimate of drug-likeness (QED) is 0.594. The van der Waals surface area contributed by atoms with Crippen molar-refractivity contribution in [1.29, 1.82) is 0 Å². The van der Waals surface area contributed by atoms with Crippen LogP contribution in [0.3, 0.4) is 0 Å². The largest absolute Gasteiger partial charge is 0.413 e. The molecule has 0 aromatic heterocycles. The zero-order valence-electron chi connectivity index (χ0n) is 11.3. The van der Waals surface area contributed by atoms with Crippen LogP contribution in [0.1, 0.15) is 12.8 Å². The van der Waals surface area contributed by atoms with E-state index in [0.717, 1.165) is 24.4 Å². The molecule has 0 radical (unpaired) electrons. The Hall–Kier alpha value is -0.863.